The van der Waals surface area contributed by atoms with Crippen molar-refractivity contribution in [2.45, 2.75) is 19.4 Å². The van der Waals surface area contributed by atoms with Crippen LogP contribution in [0.25, 0.3) is 10.6 Å². The number of hydrogen-bond acceptors (Lipinski definition) is 1. The molecule has 0 N–H and O–H groups in total. The Morgan fingerprint density at radius 2 is 2.27 bits per heavy atom. The summed E-state index contributed by atoms with van der Waals surface area (Å²) in [5, 5.41) is 2.11. The lowest BCUT2D eigenvalue weighted by molar-refractivity contribution is 0.665. The van der Waals surface area contributed by atoms with Gasteiger partial charge < -0.3 is 4.57 Å². The highest BCUT2D eigenvalue weighted by molar-refractivity contribution is 7.13. The predicted octanol–water partition coefficient (Wildman–Crippen LogP) is 3.63. The van der Waals surface area contributed by atoms with Gasteiger partial charge in [-0.05, 0) is 30.0 Å². The summed E-state index contributed by atoms with van der Waals surface area (Å²) in [5.41, 5.74) is 1.29. The molecule has 0 aliphatic heterocycles. The molecule has 2 heterocycles. The highest BCUT2D eigenvalue weighted by Crippen LogP contribution is 2.25. The van der Waals surface area contributed by atoms with E-state index in [0.29, 0.717) is 0 Å². The quantitative estimate of drug-likeness (QED) is 0.542. The minimum Gasteiger partial charge on any atom is -0.347 e. The van der Waals surface area contributed by atoms with Gasteiger partial charge in [-0.15, -0.1) is 23.7 Å². The minimum atomic E-state index is 0.849. The second-order valence-electron chi connectivity index (χ2n) is 3.37. The summed E-state index contributed by atoms with van der Waals surface area (Å²) < 4.78 is 2.27. The van der Waals surface area contributed by atoms with Crippen molar-refractivity contribution in [3.63, 3.8) is 0 Å². The maximum Gasteiger partial charge on any atom is 0.0581 e. The third kappa shape index (κ3) is 2.31. The maximum absolute atomic E-state index is 5.24. The number of nitrogens with zero attached hydrogens (tertiary/aromatic N) is 1. The highest BCUT2D eigenvalue weighted by Gasteiger charge is 2.03. The monoisotopic (exact) mass is 215 g/mol. The molecule has 0 aliphatic carbocycles. The SMILES string of the molecule is C#CCCCn1cccc1-c1cccs1. The van der Waals surface area contributed by atoms with Crippen LogP contribution in [0.1, 0.15) is 12.8 Å². The molecule has 0 spiro atoms. The van der Waals surface area contributed by atoms with Crippen molar-refractivity contribution in [3.05, 3.63) is 35.8 Å². The third-order valence-corrected chi connectivity index (χ3v) is 3.22. The van der Waals surface area contributed by atoms with Gasteiger partial charge in [0.2, 0.25) is 0 Å². The lowest BCUT2D eigenvalue weighted by Crippen LogP contribution is -1.97. The Bertz CT molecular complexity index is 445. The number of unbranched alkanes of at least 4 members (excludes halogenated alkanes) is 1. The van der Waals surface area contributed by atoms with E-state index < -0.39 is 0 Å². The smallest absolute Gasteiger partial charge is 0.0581 e. The summed E-state index contributed by atoms with van der Waals surface area (Å²) in [6, 6.07) is 8.48. The van der Waals surface area contributed by atoms with Gasteiger partial charge in [-0.2, -0.15) is 0 Å². The van der Waals surface area contributed by atoms with Crippen molar-refractivity contribution in [2.75, 3.05) is 0 Å². The zero-order valence-electron chi connectivity index (χ0n) is 8.52. The lowest BCUT2D eigenvalue weighted by atomic mass is 10.3. The van der Waals surface area contributed by atoms with Gasteiger partial charge in [0, 0.05) is 19.2 Å². The van der Waals surface area contributed by atoms with E-state index >= 15 is 0 Å². The van der Waals surface area contributed by atoms with Gasteiger partial charge >= 0.3 is 0 Å². The molecule has 0 aromatic carbocycles. The van der Waals surface area contributed by atoms with Crippen LogP contribution in [-0.2, 0) is 6.54 Å². The van der Waals surface area contributed by atoms with Crippen molar-refractivity contribution in [1.82, 2.24) is 4.57 Å². The van der Waals surface area contributed by atoms with Crippen LogP contribution in [0, 0.1) is 12.3 Å². The molecule has 0 amide bonds. The number of hydrogen-bond donors (Lipinski definition) is 0. The predicted molar refractivity (Wildman–Crippen MR) is 65.8 cm³/mol. The normalized spacial score (nSPS) is 10.1. The summed E-state index contributed by atoms with van der Waals surface area (Å²) >= 11 is 1.77. The Balaban J connectivity index is 2.13. The molecular formula is C13H13NS. The van der Waals surface area contributed by atoms with Crippen LogP contribution < -0.4 is 0 Å². The van der Waals surface area contributed by atoms with Crippen LogP contribution in [0.4, 0.5) is 0 Å². The first kappa shape index (κ1) is 10.1. The third-order valence-electron chi connectivity index (χ3n) is 2.32. The fraction of sp³-hybridized carbons (Fsp3) is 0.231. The number of terminal acetylenes is 1. The highest BCUT2D eigenvalue weighted by atomic mass is 32.1. The maximum atomic E-state index is 5.24. The van der Waals surface area contributed by atoms with Gasteiger partial charge in [-0.1, -0.05) is 6.07 Å². The summed E-state index contributed by atoms with van der Waals surface area (Å²) in [4.78, 5) is 1.32. The first-order valence-electron chi connectivity index (χ1n) is 5.04. The largest absolute Gasteiger partial charge is 0.347 e. The molecular weight excluding hydrogens is 202 g/mol. The van der Waals surface area contributed by atoms with E-state index in [1.807, 2.05) is 0 Å². The molecule has 2 heteroatoms. The molecule has 0 saturated heterocycles. The Morgan fingerprint density at radius 3 is 3.00 bits per heavy atom. The Kier molecular flexibility index (Phi) is 3.26. The van der Waals surface area contributed by atoms with Crippen LogP contribution >= 0.6 is 11.3 Å². The van der Waals surface area contributed by atoms with Crippen LogP contribution in [0.15, 0.2) is 35.8 Å². The van der Waals surface area contributed by atoms with Crippen molar-refractivity contribution < 1.29 is 0 Å². The average molecular weight is 215 g/mol. The number of aromatic nitrogens is 1. The molecule has 2 aromatic rings. The number of rotatable bonds is 4. The van der Waals surface area contributed by atoms with Gasteiger partial charge in [-0.3, -0.25) is 0 Å². The van der Waals surface area contributed by atoms with Crippen LogP contribution in [0.3, 0.4) is 0 Å². The van der Waals surface area contributed by atoms with Crippen molar-refractivity contribution >= 4 is 11.3 Å². The molecule has 1 nitrogen and oxygen atoms in total. The standard InChI is InChI=1S/C13H13NS/c1-2-3-4-9-14-10-5-7-12(14)13-8-6-11-15-13/h1,5-8,10-11H,3-4,9H2. The van der Waals surface area contributed by atoms with E-state index in [2.05, 4.69) is 46.3 Å². The molecule has 15 heavy (non-hydrogen) atoms. The summed E-state index contributed by atoms with van der Waals surface area (Å²) in [5.74, 6) is 2.67. The molecule has 2 rings (SSSR count). The number of aryl methyl sites for hydroxylation is 1. The second kappa shape index (κ2) is 4.86. The number of thiophene rings is 1. The van der Waals surface area contributed by atoms with Crippen LogP contribution in [0.2, 0.25) is 0 Å². The molecule has 0 fully saturated rings. The zero-order chi connectivity index (χ0) is 10.5. The van der Waals surface area contributed by atoms with E-state index in [0.717, 1.165) is 19.4 Å². The van der Waals surface area contributed by atoms with Gasteiger partial charge in [0.1, 0.15) is 0 Å². The Labute approximate surface area is 94.4 Å². The summed E-state index contributed by atoms with van der Waals surface area (Å²) in [6.45, 7) is 1.00. The fourth-order valence-corrected chi connectivity index (χ4v) is 2.38. The molecule has 0 saturated carbocycles. The molecule has 0 radical (unpaired) electrons. The molecule has 76 valence electrons. The van der Waals surface area contributed by atoms with Crippen molar-refractivity contribution in [1.29, 1.82) is 0 Å². The lowest BCUT2D eigenvalue weighted by Gasteiger charge is -2.06. The minimum absolute atomic E-state index is 0.849. The van der Waals surface area contributed by atoms with E-state index in [1.54, 1.807) is 11.3 Å². The van der Waals surface area contributed by atoms with E-state index in [-0.39, 0.29) is 0 Å². The van der Waals surface area contributed by atoms with Crippen LogP contribution in [0.5, 0.6) is 0 Å². The summed E-state index contributed by atoms with van der Waals surface area (Å²) in [7, 11) is 0. The summed E-state index contributed by atoms with van der Waals surface area (Å²) in [6.07, 6.45) is 9.25. The first-order chi connectivity index (χ1) is 7.42. The average Bonchev–Trinajstić information content (AvgIpc) is 2.87. The fourth-order valence-electron chi connectivity index (χ4n) is 1.61. The molecule has 0 bridgehead atoms. The van der Waals surface area contributed by atoms with Gasteiger partial charge in [0.25, 0.3) is 0 Å². The Hall–Kier alpha value is -1.46. The molecule has 0 atom stereocenters. The molecule has 2 aromatic heterocycles. The zero-order valence-corrected chi connectivity index (χ0v) is 9.33. The van der Waals surface area contributed by atoms with Crippen molar-refractivity contribution in [2.24, 2.45) is 0 Å². The second-order valence-corrected chi connectivity index (χ2v) is 4.32. The first-order valence-corrected chi connectivity index (χ1v) is 5.92. The van der Waals surface area contributed by atoms with E-state index in [9.17, 15) is 0 Å². The van der Waals surface area contributed by atoms with Crippen LogP contribution in [-0.4, -0.2) is 4.57 Å². The topological polar surface area (TPSA) is 4.93 Å². The van der Waals surface area contributed by atoms with E-state index in [4.69, 9.17) is 6.42 Å². The van der Waals surface area contributed by atoms with Crippen molar-refractivity contribution in [3.8, 4) is 22.9 Å². The molecule has 0 unspecified atom stereocenters. The van der Waals surface area contributed by atoms with E-state index in [1.165, 1.54) is 10.6 Å². The molecule has 0 aliphatic rings. The van der Waals surface area contributed by atoms with Gasteiger partial charge in [0.15, 0.2) is 0 Å². The van der Waals surface area contributed by atoms with Gasteiger partial charge in [0.05, 0.1) is 10.6 Å². The Morgan fingerprint density at radius 1 is 1.33 bits per heavy atom. The van der Waals surface area contributed by atoms with Gasteiger partial charge in [-0.25, -0.2) is 0 Å².